The molecule has 0 aliphatic rings. The van der Waals surface area contributed by atoms with Crippen LogP contribution in [0, 0.1) is 12.8 Å². The number of halogens is 1. The van der Waals surface area contributed by atoms with E-state index in [1.165, 1.54) is 6.92 Å². The molecule has 1 aromatic carbocycles. The highest BCUT2D eigenvalue weighted by atomic mass is 35.5. The molecule has 7 nitrogen and oxygen atoms in total. The lowest BCUT2D eigenvalue weighted by atomic mass is 10.1. The first-order valence-electron chi connectivity index (χ1n) is 10.0. The maximum atomic E-state index is 12.9. The van der Waals surface area contributed by atoms with E-state index in [9.17, 15) is 9.59 Å². The fourth-order valence-electron chi connectivity index (χ4n) is 2.98. The molecule has 0 saturated carbocycles. The standard InChI is InChI=1S/C23H25ClN4O3/c1-13(2)9-10-25-22(30)20-21(16-7-5-6-8-18(16)24)31-23(28-20)17-11-19(27-15(4)29)26-12-14(17)3/h5-8,11-13H,9-10H2,1-4H3,(H,25,30)(H,26,27,29). The molecule has 3 rings (SSSR count). The monoisotopic (exact) mass is 440 g/mol. The zero-order valence-corrected chi connectivity index (χ0v) is 18.7. The van der Waals surface area contributed by atoms with Crippen molar-refractivity contribution < 1.29 is 14.0 Å². The van der Waals surface area contributed by atoms with Gasteiger partial charge in [0.2, 0.25) is 11.8 Å². The van der Waals surface area contributed by atoms with Gasteiger partial charge < -0.3 is 15.1 Å². The van der Waals surface area contributed by atoms with E-state index in [2.05, 4.69) is 34.4 Å². The molecule has 162 valence electrons. The first kappa shape index (κ1) is 22.5. The number of pyridine rings is 1. The Labute approximate surface area is 186 Å². The number of rotatable bonds is 7. The summed E-state index contributed by atoms with van der Waals surface area (Å²) in [7, 11) is 0. The summed E-state index contributed by atoms with van der Waals surface area (Å²) < 4.78 is 6.06. The molecule has 0 saturated heterocycles. The Bertz CT molecular complexity index is 1110. The second kappa shape index (κ2) is 9.75. The van der Waals surface area contributed by atoms with Crippen molar-refractivity contribution in [3.63, 3.8) is 0 Å². The van der Waals surface area contributed by atoms with Gasteiger partial charge in [-0.3, -0.25) is 9.59 Å². The van der Waals surface area contributed by atoms with Crippen LogP contribution < -0.4 is 10.6 Å². The van der Waals surface area contributed by atoms with Gasteiger partial charge in [-0.2, -0.15) is 0 Å². The third kappa shape index (κ3) is 5.49. The van der Waals surface area contributed by atoms with Crippen LogP contribution in [-0.4, -0.2) is 28.3 Å². The fraction of sp³-hybridized carbons (Fsp3) is 0.304. The highest BCUT2D eigenvalue weighted by molar-refractivity contribution is 6.33. The van der Waals surface area contributed by atoms with Gasteiger partial charge in [-0.1, -0.05) is 37.6 Å². The molecule has 8 heteroatoms. The van der Waals surface area contributed by atoms with E-state index in [1.54, 1.807) is 30.5 Å². The van der Waals surface area contributed by atoms with E-state index in [4.69, 9.17) is 16.0 Å². The van der Waals surface area contributed by atoms with Crippen LogP contribution in [0.2, 0.25) is 5.02 Å². The Morgan fingerprint density at radius 3 is 2.61 bits per heavy atom. The molecule has 0 unspecified atom stereocenters. The van der Waals surface area contributed by atoms with Crippen molar-refractivity contribution in [3.8, 4) is 22.8 Å². The van der Waals surface area contributed by atoms with Crippen molar-refractivity contribution in [1.82, 2.24) is 15.3 Å². The molecule has 2 amide bonds. The van der Waals surface area contributed by atoms with Crippen LogP contribution in [0.25, 0.3) is 22.8 Å². The summed E-state index contributed by atoms with van der Waals surface area (Å²) in [6, 6.07) is 8.79. The van der Waals surface area contributed by atoms with Crippen LogP contribution in [0.1, 0.15) is 43.2 Å². The Morgan fingerprint density at radius 1 is 1.19 bits per heavy atom. The van der Waals surface area contributed by atoms with Crippen LogP contribution in [0.3, 0.4) is 0 Å². The predicted molar refractivity (Wildman–Crippen MR) is 121 cm³/mol. The van der Waals surface area contributed by atoms with Gasteiger partial charge in [0.25, 0.3) is 5.91 Å². The normalized spacial score (nSPS) is 10.9. The quantitative estimate of drug-likeness (QED) is 0.532. The number of oxazole rings is 1. The van der Waals surface area contributed by atoms with E-state index in [-0.39, 0.29) is 23.4 Å². The molecule has 31 heavy (non-hydrogen) atoms. The molecular formula is C23H25ClN4O3. The zero-order chi connectivity index (χ0) is 22.5. The van der Waals surface area contributed by atoms with E-state index in [0.29, 0.717) is 40.2 Å². The third-order valence-electron chi connectivity index (χ3n) is 4.61. The van der Waals surface area contributed by atoms with Crippen molar-refractivity contribution in [2.45, 2.75) is 34.1 Å². The number of benzene rings is 1. The lowest BCUT2D eigenvalue weighted by molar-refractivity contribution is -0.114. The number of amides is 2. The summed E-state index contributed by atoms with van der Waals surface area (Å²) in [5, 5.41) is 6.00. The van der Waals surface area contributed by atoms with Crippen LogP contribution in [-0.2, 0) is 4.79 Å². The van der Waals surface area contributed by atoms with Crippen molar-refractivity contribution in [1.29, 1.82) is 0 Å². The van der Waals surface area contributed by atoms with Gasteiger partial charge in [0.1, 0.15) is 5.82 Å². The maximum Gasteiger partial charge on any atom is 0.273 e. The Balaban J connectivity index is 2.06. The summed E-state index contributed by atoms with van der Waals surface area (Å²) >= 11 is 6.37. The molecule has 0 bridgehead atoms. The average Bonchev–Trinajstić information content (AvgIpc) is 3.14. The van der Waals surface area contributed by atoms with Crippen LogP contribution in [0.15, 0.2) is 40.9 Å². The van der Waals surface area contributed by atoms with Gasteiger partial charge in [-0.25, -0.2) is 9.97 Å². The molecule has 0 fully saturated rings. The summed E-state index contributed by atoms with van der Waals surface area (Å²) in [6.07, 6.45) is 2.46. The van der Waals surface area contributed by atoms with Gasteiger partial charge in [-0.05, 0) is 43.0 Å². The minimum atomic E-state index is -0.334. The van der Waals surface area contributed by atoms with E-state index in [1.807, 2.05) is 13.0 Å². The SMILES string of the molecule is CC(=O)Nc1cc(-c2nc(C(=O)NCCC(C)C)c(-c3ccccc3Cl)o2)c(C)cn1. The largest absolute Gasteiger partial charge is 0.435 e. The number of carbonyl (C=O) groups is 2. The fourth-order valence-corrected chi connectivity index (χ4v) is 3.20. The molecule has 3 aromatic rings. The number of nitrogens with zero attached hydrogens (tertiary/aromatic N) is 2. The second-order valence-electron chi connectivity index (χ2n) is 7.68. The molecule has 2 N–H and O–H groups in total. The van der Waals surface area contributed by atoms with Crippen LogP contribution in [0.5, 0.6) is 0 Å². The lowest BCUT2D eigenvalue weighted by Crippen LogP contribution is -2.26. The molecule has 2 aromatic heterocycles. The van der Waals surface area contributed by atoms with Gasteiger partial charge in [0, 0.05) is 30.8 Å². The Kier molecular flexibility index (Phi) is 7.07. The number of hydrogen-bond acceptors (Lipinski definition) is 5. The molecule has 0 aliphatic carbocycles. The molecule has 0 aliphatic heterocycles. The summed E-state index contributed by atoms with van der Waals surface area (Å²) in [5.41, 5.74) is 2.14. The summed E-state index contributed by atoms with van der Waals surface area (Å²) in [6.45, 7) is 7.97. The number of hydrogen-bond donors (Lipinski definition) is 2. The summed E-state index contributed by atoms with van der Waals surface area (Å²) in [5.74, 6) is 0.794. The Hall–Kier alpha value is -3.19. The molecule has 0 spiro atoms. The molecule has 2 heterocycles. The number of aryl methyl sites for hydroxylation is 1. The first-order valence-corrected chi connectivity index (χ1v) is 10.4. The molecule has 0 atom stereocenters. The van der Waals surface area contributed by atoms with Crippen molar-refractivity contribution in [2.24, 2.45) is 5.92 Å². The van der Waals surface area contributed by atoms with Crippen molar-refractivity contribution in [2.75, 3.05) is 11.9 Å². The first-order chi connectivity index (χ1) is 14.8. The highest BCUT2D eigenvalue weighted by Gasteiger charge is 2.24. The van der Waals surface area contributed by atoms with Gasteiger partial charge >= 0.3 is 0 Å². The van der Waals surface area contributed by atoms with E-state index >= 15 is 0 Å². The van der Waals surface area contributed by atoms with Crippen LogP contribution >= 0.6 is 11.6 Å². The van der Waals surface area contributed by atoms with E-state index < -0.39 is 0 Å². The topological polar surface area (TPSA) is 97.1 Å². The van der Waals surface area contributed by atoms with Crippen molar-refractivity contribution >= 4 is 29.2 Å². The van der Waals surface area contributed by atoms with Gasteiger partial charge in [-0.15, -0.1) is 0 Å². The third-order valence-corrected chi connectivity index (χ3v) is 4.94. The zero-order valence-electron chi connectivity index (χ0n) is 18.0. The average molecular weight is 441 g/mol. The highest BCUT2D eigenvalue weighted by Crippen LogP contribution is 2.35. The molecular weight excluding hydrogens is 416 g/mol. The minimum absolute atomic E-state index is 0.157. The number of aromatic nitrogens is 2. The number of anilines is 1. The lowest BCUT2D eigenvalue weighted by Gasteiger charge is -2.07. The number of carbonyl (C=O) groups excluding carboxylic acids is 2. The van der Waals surface area contributed by atoms with Gasteiger partial charge in [0.15, 0.2) is 11.5 Å². The number of nitrogens with one attached hydrogen (secondary N) is 2. The molecule has 0 radical (unpaired) electrons. The van der Waals surface area contributed by atoms with Gasteiger partial charge in [0.05, 0.1) is 5.02 Å². The Morgan fingerprint density at radius 2 is 1.94 bits per heavy atom. The van der Waals surface area contributed by atoms with Crippen LogP contribution in [0.4, 0.5) is 5.82 Å². The van der Waals surface area contributed by atoms with Crippen molar-refractivity contribution in [3.05, 3.63) is 52.8 Å². The smallest absolute Gasteiger partial charge is 0.273 e. The summed E-state index contributed by atoms with van der Waals surface area (Å²) in [4.78, 5) is 33.0. The van der Waals surface area contributed by atoms with E-state index in [0.717, 1.165) is 12.0 Å². The maximum absolute atomic E-state index is 12.9. The minimum Gasteiger partial charge on any atom is -0.435 e. The predicted octanol–water partition coefficient (Wildman–Crippen LogP) is 5.10. The second-order valence-corrected chi connectivity index (χ2v) is 8.09.